The van der Waals surface area contributed by atoms with Crippen LogP contribution in [0.25, 0.3) is 0 Å². The van der Waals surface area contributed by atoms with Crippen LogP contribution in [0, 0.1) is 0 Å². The summed E-state index contributed by atoms with van der Waals surface area (Å²) >= 11 is 1.40. The highest BCUT2D eigenvalue weighted by Gasteiger charge is 2.28. The van der Waals surface area contributed by atoms with E-state index in [1.165, 1.54) is 23.7 Å². The van der Waals surface area contributed by atoms with Crippen molar-refractivity contribution in [1.82, 2.24) is 5.32 Å². The van der Waals surface area contributed by atoms with Gasteiger partial charge in [0, 0.05) is 17.5 Å². The molecule has 2 N–H and O–H groups in total. The number of hydrogen-bond donors (Lipinski definition) is 2. The van der Waals surface area contributed by atoms with E-state index in [-0.39, 0.29) is 29.4 Å². The monoisotopic (exact) mass is 410 g/mol. The number of nitrogens with zero attached hydrogens (tertiary/aromatic N) is 2. The Balaban J connectivity index is 1.66. The Morgan fingerprint density at radius 1 is 1.14 bits per heavy atom. The number of thioether (sulfide) groups is 1. The lowest BCUT2D eigenvalue weighted by molar-refractivity contribution is -0.119. The summed E-state index contributed by atoms with van der Waals surface area (Å²) in [6, 6.07) is 16.4. The molecule has 0 saturated heterocycles. The lowest BCUT2D eigenvalue weighted by atomic mass is 10.3. The van der Waals surface area contributed by atoms with Crippen molar-refractivity contribution in [2.45, 2.75) is 36.8 Å². The maximum Gasteiger partial charge on any atom is 0.255 e. The average Bonchev–Trinajstić information content (AvgIpc) is 3.06. The van der Waals surface area contributed by atoms with Crippen molar-refractivity contribution in [3.63, 3.8) is 0 Å². The van der Waals surface area contributed by atoms with Crippen LogP contribution in [0.4, 0.5) is 11.4 Å². The summed E-state index contributed by atoms with van der Waals surface area (Å²) < 4.78 is 0. The number of carbonyl (C=O) groups excluding carboxylic acids is 3. The van der Waals surface area contributed by atoms with Gasteiger partial charge in [-0.25, -0.2) is 0 Å². The fraction of sp³-hybridized carbons (Fsp3) is 0.238. The highest BCUT2D eigenvalue weighted by atomic mass is 32.2. The lowest BCUT2D eigenvalue weighted by Crippen LogP contribution is -2.36. The Bertz CT molecular complexity index is 946. The minimum Gasteiger partial charge on any atom is -0.326 e. The van der Waals surface area contributed by atoms with Crippen LogP contribution in [0.2, 0.25) is 0 Å². The van der Waals surface area contributed by atoms with Crippen molar-refractivity contribution >= 4 is 46.7 Å². The molecular weight excluding hydrogens is 388 g/mol. The first-order chi connectivity index (χ1) is 14.0. The normalized spacial score (nSPS) is 14.3. The van der Waals surface area contributed by atoms with Crippen LogP contribution in [-0.4, -0.2) is 28.8 Å². The standard InChI is InChI=1S/C21H22N4O3S/c1-3-18(29-17-11-7-8-15(12-17)22-14(2)26)21(28)23-19-13-20(27)25(24-19)16-9-5-4-6-10-16/h4-12,18H,3,13H2,1-2H3,(H,22,26)(H,23,24,28). The molecular formula is C21H22N4O3S. The first-order valence-corrected chi connectivity index (χ1v) is 10.1. The molecule has 8 heteroatoms. The first-order valence-electron chi connectivity index (χ1n) is 9.27. The summed E-state index contributed by atoms with van der Waals surface area (Å²) in [5.74, 6) is -0.196. The van der Waals surface area contributed by atoms with E-state index in [4.69, 9.17) is 0 Å². The highest BCUT2D eigenvalue weighted by Crippen LogP contribution is 2.28. The third-order valence-corrected chi connectivity index (χ3v) is 5.50. The van der Waals surface area contributed by atoms with E-state index in [0.717, 1.165) is 4.90 Å². The summed E-state index contributed by atoms with van der Waals surface area (Å²) in [5.41, 5.74) is 1.35. The summed E-state index contributed by atoms with van der Waals surface area (Å²) in [6.45, 7) is 3.37. The van der Waals surface area contributed by atoms with Crippen molar-refractivity contribution in [3.8, 4) is 0 Å². The van der Waals surface area contributed by atoms with Crippen LogP contribution in [0.5, 0.6) is 0 Å². The predicted molar refractivity (Wildman–Crippen MR) is 115 cm³/mol. The number of nitrogens with one attached hydrogen (secondary N) is 2. The maximum atomic E-state index is 12.7. The molecule has 1 aliphatic heterocycles. The third-order valence-electron chi connectivity index (χ3n) is 4.14. The van der Waals surface area contributed by atoms with Crippen LogP contribution < -0.4 is 15.6 Å². The topological polar surface area (TPSA) is 90.9 Å². The first kappa shape index (κ1) is 20.6. The van der Waals surface area contributed by atoms with Gasteiger partial charge >= 0.3 is 0 Å². The van der Waals surface area contributed by atoms with E-state index in [1.807, 2.05) is 43.3 Å². The minimum absolute atomic E-state index is 0.0553. The SMILES string of the molecule is CCC(Sc1cccc(NC(C)=O)c1)C(=O)NC1=NN(c2ccccc2)C(=O)C1. The van der Waals surface area contributed by atoms with Crippen molar-refractivity contribution in [2.24, 2.45) is 5.10 Å². The number of benzene rings is 2. The third kappa shape index (κ3) is 5.45. The zero-order chi connectivity index (χ0) is 20.8. The van der Waals surface area contributed by atoms with E-state index in [0.29, 0.717) is 23.6 Å². The van der Waals surface area contributed by atoms with Crippen LogP contribution in [0.3, 0.4) is 0 Å². The largest absolute Gasteiger partial charge is 0.326 e. The van der Waals surface area contributed by atoms with Crippen LogP contribution >= 0.6 is 11.8 Å². The van der Waals surface area contributed by atoms with Crippen molar-refractivity contribution < 1.29 is 14.4 Å². The van der Waals surface area contributed by atoms with Gasteiger partial charge in [0.2, 0.25) is 11.8 Å². The predicted octanol–water partition coefficient (Wildman–Crippen LogP) is 3.38. The number of anilines is 2. The molecule has 3 rings (SSSR count). The second-order valence-corrected chi connectivity index (χ2v) is 7.75. The highest BCUT2D eigenvalue weighted by molar-refractivity contribution is 8.00. The Hall–Kier alpha value is -3.13. The van der Waals surface area contributed by atoms with Crippen LogP contribution in [0.15, 0.2) is 64.6 Å². The molecule has 0 bridgehead atoms. The van der Waals surface area contributed by atoms with Gasteiger partial charge in [0.25, 0.3) is 5.91 Å². The molecule has 0 radical (unpaired) electrons. The minimum atomic E-state index is -0.355. The molecule has 1 aliphatic rings. The molecule has 0 saturated carbocycles. The van der Waals surface area contributed by atoms with Gasteiger partial charge in [-0.1, -0.05) is 31.2 Å². The van der Waals surface area contributed by atoms with E-state index in [1.54, 1.807) is 18.2 Å². The van der Waals surface area contributed by atoms with Gasteiger partial charge in [0.1, 0.15) is 5.84 Å². The number of amidine groups is 1. The Morgan fingerprint density at radius 3 is 2.59 bits per heavy atom. The van der Waals surface area contributed by atoms with Gasteiger partial charge in [-0.3, -0.25) is 14.4 Å². The number of carbonyl (C=O) groups is 3. The molecule has 7 nitrogen and oxygen atoms in total. The zero-order valence-electron chi connectivity index (χ0n) is 16.2. The molecule has 1 atom stereocenters. The Labute approximate surface area is 173 Å². The van der Waals surface area contributed by atoms with Gasteiger partial charge in [-0.05, 0) is 36.8 Å². The molecule has 2 aromatic rings. The number of hydrogen-bond acceptors (Lipinski definition) is 5. The molecule has 1 unspecified atom stereocenters. The summed E-state index contributed by atoms with van der Waals surface area (Å²) in [6.07, 6.45) is 0.657. The van der Waals surface area contributed by atoms with E-state index < -0.39 is 0 Å². The number of para-hydroxylation sites is 1. The molecule has 3 amide bonds. The van der Waals surface area contributed by atoms with Gasteiger partial charge in [0.05, 0.1) is 17.4 Å². The second kappa shape index (κ2) is 9.38. The molecule has 0 aliphatic carbocycles. The van der Waals surface area contributed by atoms with Gasteiger partial charge < -0.3 is 10.6 Å². The molecule has 2 aromatic carbocycles. The molecule has 150 valence electrons. The molecule has 29 heavy (non-hydrogen) atoms. The maximum absolute atomic E-state index is 12.7. The van der Waals surface area contributed by atoms with Gasteiger partial charge in [-0.15, -0.1) is 11.8 Å². The summed E-state index contributed by atoms with van der Waals surface area (Å²) in [5, 5.41) is 10.7. The van der Waals surface area contributed by atoms with E-state index in [2.05, 4.69) is 15.7 Å². The van der Waals surface area contributed by atoms with Crippen molar-refractivity contribution in [3.05, 3.63) is 54.6 Å². The van der Waals surface area contributed by atoms with Crippen LogP contribution in [-0.2, 0) is 14.4 Å². The van der Waals surface area contributed by atoms with E-state index in [9.17, 15) is 14.4 Å². The average molecular weight is 410 g/mol. The zero-order valence-corrected chi connectivity index (χ0v) is 17.0. The molecule has 0 fully saturated rings. The van der Waals surface area contributed by atoms with Crippen molar-refractivity contribution in [1.29, 1.82) is 0 Å². The Morgan fingerprint density at radius 2 is 1.90 bits per heavy atom. The molecule has 0 aromatic heterocycles. The number of rotatable bonds is 6. The molecule has 0 spiro atoms. The smallest absolute Gasteiger partial charge is 0.255 e. The summed E-state index contributed by atoms with van der Waals surface area (Å²) in [4.78, 5) is 37.1. The van der Waals surface area contributed by atoms with Crippen molar-refractivity contribution in [2.75, 3.05) is 10.3 Å². The Kier molecular flexibility index (Phi) is 6.66. The number of amides is 3. The fourth-order valence-corrected chi connectivity index (χ4v) is 3.84. The summed E-state index contributed by atoms with van der Waals surface area (Å²) in [7, 11) is 0. The molecule has 1 heterocycles. The van der Waals surface area contributed by atoms with Gasteiger partial charge in [0.15, 0.2) is 0 Å². The van der Waals surface area contributed by atoms with Gasteiger partial charge in [-0.2, -0.15) is 10.1 Å². The lowest BCUT2D eigenvalue weighted by Gasteiger charge is -2.15. The van der Waals surface area contributed by atoms with E-state index >= 15 is 0 Å². The quantitative estimate of drug-likeness (QED) is 0.714. The fourth-order valence-electron chi connectivity index (χ4n) is 2.83. The van der Waals surface area contributed by atoms with Crippen LogP contribution in [0.1, 0.15) is 26.7 Å². The number of hydrazone groups is 1. The second-order valence-electron chi connectivity index (χ2n) is 6.48.